The molecule has 0 bridgehead atoms. The molecule has 134 valence electrons. The molecule has 3 nitrogen and oxygen atoms in total. The van der Waals surface area contributed by atoms with Crippen molar-refractivity contribution in [3.05, 3.63) is 59.7 Å². The Labute approximate surface area is 151 Å². The number of unbranched alkanes of at least 4 members (excludes halogenated alkanes) is 1. The third kappa shape index (κ3) is 5.93. The number of ether oxygens (including phenoxy) is 1. The first-order valence-electron chi connectivity index (χ1n) is 9.16. The van der Waals surface area contributed by atoms with Gasteiger partial charge in [-0.1, -0.05) is 51.5 Å². The van der Waals surface area contributed by atoms with Gasteiger partial charge in [0.2, 0.25) is 0 Å². The molecular formula is C22H29NO2. The second-order valence-electron chi connectivity index (χ2n) is 6.77. The second-order valence-corrected chi connectivity index (χ2v) is 6.77. The number of carbonyl (C=O) groups excluding carboxylic acids is 1. The topological polar surface area (TPSA) is 38.3 Å². The molecule has 2 aromatic rings. The highest BCUT2D eigenvalue weighted by atomic mass is 16.5. The number of anilines is 1. The van der Waals surface area contributed by atoms with E-state index >= 15 is 0 Å². The Hall–Kier alpha value is -2.29. The number of aryl methyl sites for hydroxylation is 1. The van der Waals surface area contributed by atoms with Crippen LogP contribution in [0.4, 0.5) is 5.69 Å². The van der Waals surface area contributed by atoms with Crippen molar-refractivity contribution in [1.29, 1.82) is 0 Å². The van der Waals surface area contributed by atoms with E-state index in [0.29, 0.717) is 11.7 Å². The Morgan fingerprint density at radius 1 is 1.00 bits per heavy atom. The Morgan fingerprint density at radius 2 is 1.64 bits per heavy atom. The van der Waals surface area contributed by atoms with Crippen molar-refractivity contribution in [2.45, 2.75) is 59.0 Å². The summed E-state index contributed by atoms with van der Waals surface area (Å²) in [4.78, 5) is 12.3. The highest BCUT2D eigenvalue weighted by Crippen LogP contribution is 2.20. The summed E-state index contributed by atoms with van der Waals surface area (Å²) in [6.45, 7) is 8.26. The van der Waals surface area contributed by atoms with E-state index in [1.807, 2.05) is 36.4 Å². The molecule has 0 aromatic heterocycles. The van der Waals surface area contributed by atoms with E-state index < -0.39 is 6.10 Å². The van der Waals surface area contributed by atoms with Gasteiger partial charge in [-0.25, -0.2) is 0 Å². The Morgan fingerprint density at radius 3 is 2.20 bits per heavy atom. The van der Waals surface area contributed by atoms with Gasteiger partial charge in [0, 0.05) is 5.69 Å². The molecule has 0 aliphatic heterocycles. The fourth-order valence-electron chi connectivity index (χ4n) is 2.57. The molecule has 3 heteroatoms. The molecule has 0 spiro atoms. The Balaban J connectivity index is 1.89. The van der Waals surface area contributed by atoms with Crippen molar-refractivity contribution in [2.75, 3.05) is 5.32 Å². The van der Waals surface area contributed by atoms with Gasteiger partial charge in [0.15, 0.2) is 6.10 Å². The van der Waals surface area contributed by atoms with E-state index in [2.05, 4.69) is 38.2 Å². The molecule has 1 unspecified atom stereocenters. The van der Waals surface area contributed by atoms with E-state index in [0.717, 1.165) is 12.1 Å². The monoisotopic (exact) mass is 339 g/mol. The number of benzene rings is 2. The average Bonchev–Trinajstić information content (AvgIpc) is 2.61. The van der Waals surface area contributed by atoms with Gasteiger partial charge in [0.25, 0.3) is 5.91 Å². The van der Waals surface area contributed by atoms with Crippen LogP contribution in [0.5, 0.6) is 5.75 Å². The van der Waals surface area contributed by atoms with Gasteiger partial charge in [0.1, 0.15) is 5.75 Å². The van der Waals surface area contributed by atoms with Gasteiger partial charge >= 0.3 is 0 Å². The standard InChI is InChI=1S/C22H29NO2/c1-5-6-7-18-8-12-20(13-9-18)23-22(24)17(4)25-21-14-10-19(11-15-21)16(2)3/h8-17H,5-7H2,1-4H3,(H,23,24). The zero-order chi connectivity index (χ0) is 18.2. The number of hydrogen-bond acceptors (Lipinski definition) is 2. The normalized spacial score (nSPS) is 12.0. The van der Waals surface area contributed by atoms with Crippen LogP contribution >= 0.6 is 0 Å². The summed E-state index contributed by atoms with van der Waals surface area (Å²) in [6, 6.07) is 16.0. The molecule has 2 rings (SSSR count). The molecule has 0 aliphatic carbocycles. The molecule has 0 aliphatic rings. The molecule has 0 heterocycles. The van der Waals surface area contributed by atoms with Crippen LogP contribution in [0.2, 0.25) is 0 Å². The lowest BCUT2D eigenvalue weighted by molar-refractivity contribution is -0.122. The molecule has 2 aromatic carbocycles. The van der Waals surface area contributed by atoms with E-state index in [1.54, 1.807) is 6.92 Å². The van der Waals surface area contributed by atoms with Crippen molar-refractivity contribution in [1.82, 2.24) is 0 Å². The molecule has 0 radical (unpaired) electrons. The van der Waals surface area contributed by atoms with Crippen molar-refractivity contribution in [2.24, 2.45) is 0 Å². The lowest BCUT2D eigenvalue weighted by Gasteiger charge is -2.15. The molecule has 0 fully saturated rings. The first-order chi connectivity index (χ1) is 12.0. The second kappa shape index (κ2) is 9.26. The number of hydrogen-bond donors (Lipinski definition) is 1. The predicted octanol–water partition coefficient (Wildman–Crippen LogP) is 5.56. The molecule has 25 heavy (non-hydrogen) atoms. The molecule has 0 saturated heterocycles. The van der Waals surface area contributed by atoms with Crippen LogP contribution in [0.1, 0.15) is 57.6 Å². The fourth-order valence-corrected chi connectivity index (χ4v) is 2.57. The smallest absolute Gasteiger partial charge is 0.265 e. The number of amides is 1. The van der Waals surface area contributed by atoms with E-state index in [4.69, 9.17) is 4.74 Å². The lowest BCUT2D eigenvalue weighted by Crippen LogP contribution is -2.30. The summed E-state index contributed by atoms with van der Waals surface area (Å²) in [7, 11) is 0. The van der Waals surface area contributed by atoms with Crippen LogP contribution in [0, 0.1) is 0 Å². The molecule has 1 amide bonds. The minimum atomic E-state index is -0.551. The quantitative estimate of drug-likeness (QED) is 0.684. The number of carbonyl (C=O) groups is 1. The van der Waals surface area contributed by atoms with Crippen LogP contribution in [-0.2, 0) is 11.2 Å². The molecule has 1 N–H and O–H groups in total. The summed E-state index contributed by atoms with van der Waals surface area (Å²) < 4.78 is 5.75. The lowest BCUT2D eigenvalue weighted by atomic mass is 10.0. The minimum absolute atomic E-state index is 0.144. The van der Waals surface area contributed by atoms with E-state index in [1.165, 1.54) is 24.0 Å². The van der Waals surface area contributed by atoms with Crippen LogP contribution in [-0.4, -0.2) is 12.0 Å². The van der Waals surface area contributed by atoms with Gasteiger partial charge < -0.3 is 10.1 Å². The maximum absolute atomic E-state index is 12.3. The minimum Gasteiger partial charge on any atom is -0.481 e. The van der Waals surface area contributed by atoms with E-state index in [9.17, 15) is 4.79 Å². The highest BCUT2D eigenvalue weighted by Gasteiger charge is 2.15. The summed E-state index contributed by atoms with van der Waals surface area (Å²) >= 11 is 0. The van der Waals surface area contributed by atoms with Gasteiger partial charge in [-0.05, 0) is 61.1 Å². The first-order valence-corrected chi connectivity index (χ1v) is 9.16. The number of nitrogens with one attached hydrogen (secondary N) is 1. The SMILES string of the molecule is CCCCc1ccc(NC(=O)C(C)Oc2ccc(C(C)C)cc2)cc1. The summed E-state index contributed by atoms with van der Waals surface area (Å²) in [5.41, 5.74) is 3.36. The zero-order valence-electron chi connectivity index (χ0n) is 15.7. The Kier molecular flexibility index (Phi) is 7.05. The Bertz CT molecular complexity index is 659. The van der Waals surface area contributed by atoms with Crippen LogP contribution in [0.3, 0.4) is 0 Å². The van der Waals surface area contributed by atoms with Gasteiger partial charge in [-0.3, -0.25) is 4.79 Å². The van der Waals surface area contributed by atoms with Crippen LogP contribution in [0.15, 0.2) is 48.5 Å². The molecule has 1 atom stereocenters. The maximum atomic E-state index is 12.3. The van der Waals surface area contributed by atoms with Gasteiger partial charge in [-0.2, -0.15) is 0 Å². The fraction of sp³-hybridized carbons (Fsp3) is 0.409. The van der Waals surface area contributed by atoms with Crippen molar-refractivity contribution in [3.63, 3.8) is 0 Å². The summed E-state index contributed by atoms with van der Waals surface area (Å²) in [6.07, 6.45) is 2.90. The third-order valence-corrected chi connectivity index (χ3v) is 4.27. The molecular weight excluding hydrogens is 310 g/mol. The van der Waals surface area contributed by atoms with Crippen LogP contribution in [0.25, 0.3) is 0 Å². The van der Waals surface area contributed by atoms with E-state index in [-0.39, 0.29) is 5.91 Å². The maximum Gasteiger partial charge on any atom is 0.265 e. The van der Waals surface area contributed by atoms with Crippen molar-refractivity contribution in [3.8, 4) is 5.75 Å². The average molecular weight is 339 g/mol. The largest absolute Gasteiger partial charge is 0.481 e. The third-order valence-electron chi connectivity index (χ3n) is 4.27. The predicted molar refractivity (Wildman–Crippen MR) is 104 cm³/mol. The first kappa shape index (κ1) is 19.0. The van der Waals surface area contributed by atoms with Gasteiger partial charge in [-0.15, -0.1) is 0 Å². The summed E-state index contributed by atoms with van der Waals surface area (Å²) in [5.74, 6) is 1.05. The highest BCUT2D eigenvalue weighted by molar-refractivity contribution is 5.94. The summed E-state index contributed by atoms with van der Waals surface area (Å²) in [5, 5.41) is 2.91. The molecule has 0 saturated carbocycles. The van der Waals surface area contributed by atoms with Gasteiger partial charge in [0.05, 0.1) is 0 Å². The number of rotatable bonds is 8. The zero-order valence-corrected chi connectivity index (χ0v) is 15.7. The van der Waals surface area contributed by atoms with Crippen LogP contribution < -0.4 is 10.1 Å². The van der Waals surface area contributed by atoms with Crippen molar-refractivity contribution >= 4 is 11.6 Å². The van der Waals surface area contributed by atoms with Crippen molar-refractivity contribution < 1.29 is 9.53 Å².